The minimum absolute atomic E-state index is 0.376. The fourth-order valence-corrected chi connectivity index (χ4v) is 4.32. The van der Waals surface area contributed by atoms with Gasteiger partial charge in [0.25, 0.3) is 0 Å². The van der Waals surface area contributed by atoms with Gasteiger partial charge in [0.2, 0.25) is 0 Å². The van der Waals surface area contributed by atoms with Crippen LogP contribution in [0.4, 0.5) is 0 Å². The Morgan fingerprint density at radius 3 is 2.87 bits per heavy atom. The summed E-state index contributed by atoms with van der Waals surface area (Å²) < 4.78 is 0. The van der Waals surface area contributed by atoms with Crippen molar-refractivity contribution in [3.05, 3.63) is 0 Å². The smallest absolute Gasteiger partial charge is 0.137 e. The number of Topliss-reactive ketones (excluding diaryl/α,β-unsaturated/α-hetero) is 1. The number of nitrogens with zero attached hydrogens (tertiary/aromatic N) is 1. The number of ketones is 1. The molecule has 0 spiro atoms. The normalized spacial score (nSPS) is 50.5. The molecule has 0 radical (unpaired) electrons. The summed E-state index contributed by atoms with van der Waals surface area (Å²) in [5.74, 6) is 3.30. The molecule has 5 atom stereocenters. The number of likely N-dealkylation sites (tertiary alicyclic amines) is 1. The highest BCUT2D eigenvalue weighted by Crippen LogP contribution is 2.47. The first-order valence-corrected chi connectivity index (χ1v) is 6.38. The lowest BCUT2D eigenvalue weighted by Crippen LogP contribution is -2.56. The number of piperidine rings is 1. The number of hydrogen-bond donors (Lipinski definition) is 0. The van der Waals surface area contributed by atoms with Crippen LogP contribution in [0.1, 0.15) is 32.6 Å². The lowest BCUT2D eigenvalue weighted by Gasteiger charge is -2.53. The molecule has 84 valence electrons. The zero-order valence-corrected chi connectivity index (χ0v) is 9.78. The van der Waals surface area contributed by atoms with Crippen molar-refractivity contribution in [2.75, 3.05) is 13.6 Å². The van der Waals surface area contributed by atoms with E-state index >= 15 is 0 Å². The van der Waals surface area contributed by atoms with Gasteiger partial charge in [-0.15, -0.1) is 0 Å². The van der Waals surface area contributed by atoms with Gasteiger partial charge in [-0.25, -0.2) is 0 Å². The van der Waals surface area contributed by atoms with Crippen LogP contribution in [0.25, 0.3) is 0 Å². The fourth-order valence-electron chi connectivity index (χ4n) is 4.32. The van der Waals surface area contributed by atoms with Gasteiger partial charge >= 0.3 is 0 Å². The molecule has 1 aliphatic heterocycles. The van der Waals surface area contributed by atoms with Crippen molar-refractivity contribution in [1.82, 2.24) is 4.90 Å². The number of carbonyl (C=O) groups is 1. The summed E-state index contributed by atoms with van der Waals surface area (Å²) in [4.78, 5) is 14.4. The predicted octanol–water partition coefficient (Wildman–Crippen LogP) is 1.94. The monoisotopic (exact) mass is 207 g/mol. The highest BCUT2D eigenvalue weighted by molar-refractivity contribution is 5.82. The Morgan fingerprint density at radius 1 is 1.27 bits per heavy atom. The summed E-state index contributed by atoms with van der Waals surface area (Å²) in [6, 6.07) is 0.781. The first-order valence-electron chi connectivity index (χ1n) is 6.38. The first kappa shape index (κ1) is 9.83. The zero-order valence-electron chi connectivity index (χ0n) is 9.78. The van der Waals surface area contributed by atoms with Crippen LogP contribution in [0, 0.1) is 23.7 Å². The molecule has 2 bridgehead atoms. The van der Waals surface area contributed by atoms with Crippen molar-refractivity contribution < 1.29 is 4.79 Å². The summed E-state index contributed by atoms with van der Waals surface area (Å²) in [6.45, 7) is 3.38. The van der Waals surface area contributed by atoms with Crippen molar-refractivity contribution in [3.63, 3.8) is 0 Å². The lowest BCUT2D eigenvalue weighted by molar-refractivity contribution is -0.136. The molecule has 1 heterocycles. The average Bonchev–Trinajstić information content (AvgIpc) is 2.18. The quantitative estimate of drug-likeness (QED) is 0.605. The van der Waals surface area contributed by atoms with Crippen molar-refractivity contribution in [1.29, 1.82) is 0 Å². The van der Waals surface area contributed by atoms with Crippen LogP contribution in [0.2, 0.25) is 0 Å². The minimum Gasteiger partial charge on any atom is -0.302 e. The van der Waals surface area contributed by atoms with E-state index in [0.29, 0.717) is 17.6 Å². The van der Waals surface area contributed by atoms with Gasteiger partial charge in [-0.1, -0.05) is 6.92 Å². The molecule has 0 aromatic rings. The van der Waals surface area contributed by atoms with Crippen molar-refractivity contribution >= 4 is 5.78 Å². The van der Waals surface area contributed by atoms with Crippen LogP contribution in [-0.4, -0.2) is 30.3 Å². The van der Waals surface area contributed by atoms with Crippen LogP contribution in [-0.2, 0) is 4.79 Å². The van der Waals surface area contributed by atoms with Crippen LogP contribution < -0.4 is 0 Å². The van der Waals surface area contributed by atoms with Crippen LogP contribution in [0.3, 0.4) is 0 Å². The third kappa shape index (κ3) is 1.45. The van der Waals surface area contributed by atoms with Gasteiger partial charge in [-0.05, 0) is 44.1 Å². The largest absolute Gasteiger partial charge is 0.302 e. The van der Waals surface area contributed by atoms with Crippen molar-refractivity contribution in [3.8, 4) is 0 Å². The second-order valence-electron chi connectivity index (χ2n) is 6.11. The SMILES string of the molecule is CC1CC2CC(=O)C3CC2[C@H](C1)N(C)C3. The van der Waals surface area contributed by atoms with E-state index in [4.69, 9.17) is 0 Å². The third-order valence-electron chi connectivity index (χ3n) is 5.00. The molecule has 2 aliphatic carbocycles. The summed E-state index contributed by atoms with van der Waals surface area (Å²) in [5.41, 5.74) is 0. The summed E-state index contributed by atoms with van der Waals surface area (Å²) >= 11 is 0. The Balaban J connectivity index is 1.90. The van der Waals surface area contributed by atoms with Gasteiger partial charge in [0.1, 0.15) is 5.78 Å². The molecule has 4 unspecified atom stereocenters. The average molecular weight is 207 g/mol. The first-order chi connectivity index (χ1) is 7.15. The number of fused-ring (bicyclic) bond motifs is 1. The Kier molecular flexibility index (Phi) is 2.17. The van der Waals surface area contributed by atoms with E-state index in [1.54, 1.807) is 0 Å². The van der Waals surface area contributed by atoms with E-state index in [1.807, 2.05) is 0 Å². The van der Waals surface area contributed by atoms with E-state index in [1.165, 1.54) is 19.3 Å². The molecule has 0 aromatic heterocycles. The van der Waals surface area contributed by atoms with Crippen LogP contribution in [0.15, 0.2) is 0 Å². The molecular formula is C13H21NO. The summed E-state index contributed by atoms with van der Waals surface area (Å²) in [7, 11) is 2.22. The van der Waals surface area contributed by atoms with Crippen molar-refractivity contribution in [2.45, 2.75) is 38.6 Å². The number of carbonyl (C=O) groups excluding carboxylic acids is 1. The number of hydrogen-bond acceptors (Lipinski definition) is 2. The molecule has 2 saturated carbocycles. The molecular weight excluding hydrogens is 186 g/mol. The Morgan fingerprint density at radius 2 is 2.07 bits per heavy atom. The molecule has 3 aliphatic rings. The predicted molar refractivity (Wildman–Crippen MR) is 59.5 cm³/mol. The van der Waals surface area contributed by atoms with Gasteiger partial charge in [-0.2, -0.15) is 0 Å². The summed E-state index contributed by atoms with van der Waals surface area (Å²) in [6.07, 6.45) is 4.75. The van der Waals surface area contributed by atoms with Crippen LogP contribution >= 0.6 is 0 Å². The van der Waals surface area contributed by atoms with Crippen LogP contribution in [0.5, 0.6) is 0 Å². The molecule has 0 amide bonds. The second kappa shape index (κ2) is 3.31. The third-order valence-corrected chi connectivity index (χ3v) is 5.00. The Labute approximate surface area is 92.0 Å². The van der Waals surface area contributed by atoms with Gasteiger partial charge in [0.15, 0.2) is 0 Å². The minimum atomic E-state index is 0.376. The maximum Gasteiger partial charge on any atom is 0.137 e. The number of rotatable bonds is 0. The Hall–Kier alpha value is -0.370. The summed E-state index contributed by atoms with van der Waals surface area (Å²) in [5, 5.41) is 0. The molecule has 0 N–H and O–H groups in total. The lowest BCUT2D eigenvalue weighted by atomic mass is 9.60. The molecule has 1 saturated heterocycles. The molecule has 15 heavy (non-hydrogen) atoms. The molecule has 2 heteroatoms. The molecule has 3 fully saturated rings. The maximum atomic E-state index is 11.9. The zero-order chi connectivity index (χ0) is 10.6. The molecule has 3 rings (SSSR count). The van der Waals surface area contributed by atoms with Gasteiger partial charge in [-0.3, -0.25) is 4.79 Å². The van der Waals surface area contributed by atoms with E-state index in [9.17, 15) is 4.79 Å². The fraction of sp³-hybridized carbons (Fsp3) is 0.923. The highest BCUT2D eigenvalue weighted by Gasteiger charge is 2.48. The van der Waals surface area contributed by atoms with Gasteiger partial charge in [0.05, 0.1) is 0 Å². The Bertz CT molecular complexity index is 288. The maximum absolute atomic E-state index is 11.9. The van der Waals surface area contributed by atoms with Gasteiger partial charge < -0.3 is 4.90 Å². The van der Waals surface area contributed by atoms with E-state index < -0.39 is 0 Å². The topological polar surface area (TPSA) is 20.3 Å². The van der Waals surface area contributed by atoms with E-state index in [0.717, 1.165) is 30.8 Å². The van der Waals surface area contributed by atoms with Gasteiger partial charge in [0, 0.05) is 24.9 Å². The standard InChI is InChI=1S/C13H21NO/c1-8-3-9-6-13(15)10-5-11(9)12(4-8)14(2)7-10/h8-12H,3-7H2,1-2H3/t8?,9?,10?,11?,12-/m0/s1. The van der Waals surface area contributed by atoms with E-state index in [-0.39, 0.29) is 0 Å². The molecule has 2 nitrogen and oxygen atoms in total. The second-order valence-corrected chi connectivity index (χ2v) is 6.11. The molecule has 0 aromatic carbocycles. The highest BCUT2D eigenvalue weighted by atomic mass is 16.1. The van der Waals surface area contributed by atoms with Crippen molar-refractivity contribution in [2.24, 2.45) is 23.7 Å². The van der Waals surface area contributed by atoms with E-state index in [2.05, 4.69) is 18.9 Å².